The summed E-state index contributed by atoms with van der Waals surface area (Å²) >= 11 is 5.18. The number of piperidine rings is 1. The first-order chi connectivity index (χ1) is 13.3. The van der Waals surface area contributed by atoms with Gasteiger partial charge in [0, 0.05) is 37.6 Å². The van der Waals surface area contributed by atoms with Crippen LogP contribution in [0.1, 0.15) is 37.4 Å². The van der Waals surface area contributed by atoms with E-state index in [1.165, 1.54) is 0 Å². The Hall–Kier alpha value is -2.49. The Morgan fingerprint density at radius 2 is 2.14 bits per heavy atom. The molecule has 1 fully saturated rings. The lowest BCUT2D eigenvalue weighted by atomic mass is 10.0. The highest BCUT2D eigenvalue weighted by molar-refractivity contribution is 7.80. The standard InChI is InChI=1S/C18H21F3N6S/c1-12-5-2-3-8-27(12)15-9-14(18(19,20)21)24-16(25-15)26-17(28)23-11-13-6-4-7-22-10-13/h4,6-7,9-10,12H,2-3,5,8,11H2,1H3,(H2,23,24,25,26,28)/t12-/m1/s1. The minimum absolute atomic E-state index is 0.119. The van der Waals surface area contributed by atoms with E-state index in [1.807, 2.05) is 17.9 Å². The number of hydrogen-bond donors (Lipinski definition) is 2. The number of thiocarbonyl (C=S) groups is 1. The minimum atomic E-state index is -4.57. The van der Waals surface area contributed by atoms with Gasteiger partial charge >= 0.3 is 6.18 Å². The van der Waals surface area contributed by atoms with Crippen LogP contribution in [-0.4, -0.2) is 32.7 Å². The predicted molar refractivity (Wildman–Crippen MR) is 105 cm³/mol. The first-order valence-corrected chi connectivity index (χ1v) is 9.40. The molecule has 0 aliphatic carbocycles. The van der Waals surface area contributed by atoms with E-state index in [1.54, 1.807) is 18.5 Å². The molecule has 2 aromatic heterocycles. The van der Waals surface area contributed by atoms with E-state index in [9.17, 15) is 13.2 Å². The Morgan fingerprint density at radius 1 is 1.32 bits per heavy atom. The topological polar surface area (TPSA) is 66.0 Å². The molecule has 2 N–H and O–H groups in total. The first-order valence-electron chi connectivity index (χ1n) is 8.99. The average Bonchev–Trinajstić information content (AvgIpc) is 2.66. The van der Waals surface area contributed by atoms with Crippen molar-refractivity contribution in [1.29, 1.82) is 0 Å². The van der Waals surface area contributed by atoms with Crippen LogP contribution in [-0.2, 0) is 12.7 Å². The predicted octanol–water partition coefficient (Wildman–Crippen LogP) is 3.76. The zero-order chi connectivity index (χ0) is 20.1. The summed E-state index contributed by atoms with van der Waals surface area (Å²) in [6, 6.07) is 4.77. The van der Waals surface area contributed by atoms with Crippen molar-refractivity contribution in [2.45, 2.75) is 44.9 Å². The third-order valence-corrected chi connectivity index (χ3v) is 4.75. The highest BCUT2D eigenvalue weighted by Crippen LogP contribution is 2.32. The number of nitrogens with one attached hydrogen (secondary N) is 2. The van der Waals surface area contributed by atoms with Crippen LogP contribution in [0.3, 0.4) is 0 Å². The first kappa shape index (κ1) is 20.2. The monoisotopic (exact) mass is 410 g/mol. The molecule has 0 spiro atoms. The largest absolute Gasteiger partial charge is 0.433 e. The van der Waals surface area contributed by atoms with Crippen molar-refractivity contribution in [2.75, 3.05) is 16.8 Å². The molecule has 0 amide bonds. The molecule has 1 aliphatic heterocycles. The second-order valence-corrected chi connectivity index (χ2v) is 7.05. The van der Waals surface area contributed by atoms with Crippen molar-refractivity contribution in [3.8, 4) is 0 Å². The summed E-state index contributed by atoms with van der Waals surface area (Å²) in [6.45, 7) is 3.04. The van der Waals surface area contributed by atoms with E-state index in [-0.39, 0.29) is 22.9 Å². The number of alkyl halides is 3. The SMILES string of the molecule is C[C@@H]1CCCCN1c1cc(C(F)(F)F)nc(NC(=S)NCc2cccnc2)n1. The van der Waals surface area contributed by atoms with E-state index in [0.29, 0.717) is 13.1 Å². The van der Waals surface area contributed by atoms with Gasteiger partial charge in [-0.25, -0.2) is 4.98 Å². The minimum Gasteiger partial charge on any atom is -0.358 e. The number of halogens is 3. The number of nitrogens with zero attached hydrogens (tertiary/aromatic N) is 4. The van der Waals surface area contributed by atoms with Gasteiger partial charge < -0.3 is 15.5 Å². The van der Waals surface area contributed by atoms with Gasteiger partial charge in [-0.2, -0.15) is 18.2 Å². The van der Waals surface area contributed by atoms with E-state index in [0.717, 1.165) is 30.9 Å². The molecule has 3 rings (SSSR count). The van der Waals surface area contributed by atoms with Gasteiger partial charge in [-0.3, -0.25) is 4.98 Å². The molecular formula is C18H21F3N6S. The summed E-state index contributed by atoms with van der Waals surface area (Å²) in [6.07, 6.45) is 1.65. The van der Waals surface area contributed by atoms with Gasteiger partial charge in [-0.05, 0) is 50.0 Å². The van der Waals surface area contributed by atoms with Gasteiger partial charge in [0.2, 0.25) is 5.95 Å². The highest BCUT2D eigenvalue weighted by Gasteiger charge is 2.35. The van der Waals surface area contributed by atoms with Crippen molar-refractivity contribution < 1.29 is 13.2 Å². The van der Waals surface area contributed by atoms with Gasteiger partial charge in [-0.15, -0.1) is 0 Å². The molecular weight excluding hydrogens is 389 g/mol. The second-order valence-electron chi connectivity index (χ2n) is 6.64. The molecule has 2 aromatic rings. The van der Waals surface area contributed by atoms with Crippen molar-refractivity contribution in [3.63, 3.8) is 0 Å². The van der Waals surface area contributed by atoms with Gasteiger partial charge in [-0.1, -0.05) is 6.07 Å². The van der Waals surface area contributed by atoms with Crippen LogP contribution in [0.4, 0.5) is 24.9 Å². The van der Waals surface area contributed by atoms with E-state index >= 15 is 0 Å². The number of hydrogen-bond acceptors (Lipinski definition) is 5. The van der Waals surface area contributed by atoms with Crippen LogP contribution in [0.25, 0.3) is 0 Å². The van der Waals surface area contributed by atoms with Crippen LogP contribution < -0.4 is 15.5 Å². The van der Waals surface area contributed by atoms with Gasteiger partial charge in [0.1, 0.15) is 5.82 Å². The number of pyridine rings is 1. The summed E-state index contributed by atoms with van der Waals surface area (Å²) in [4.78, 5) is 13.8. The molecule has 0 saturated carbocycles. The van der Waals surface area contributed by atoms with Crippen LogP contribution in [0.15, 0.2) is 30.6 Å². The summed E-state index contributed by atoms with van der Waals surface area (Å²) < 4.78 is 40.0. The van der Waals surface area contributed by atoms with Crippen LogP contribution in [0.5, 0.6) is 0 Å². The maximum atomic E-state index is 13.3. The lowest BCUT2D eigenvalue weighted by molar-refractivity contribution is -0.141. The third kappa shape index (κ3) is 5.28. The highest BCUT2D eigenvalue weighted by atomic mass is 32.1. The van der Waals surface area contributed by atoms with Crippen LogP contribution >= 0.6 is 12.2 Å². The molecule has 0 bridgehead atoms. The molecule has 150 valence electrons. The molecule has 1 aliphatic rings. The quantitative estimate of drug-likeness (QED) is 0.744. The fourth-order valence-electron chi connectivity index (χ4n) is 3.05. The fraction of sp³-hybridized carbons (Fsp3) is 0.444. The Morgan fingerprint density at radius 3 is 2.82 bits per heavy atom. The molecule has 28 heavy (non-hydrogen) atoms. The zero-order valence-corrected chi connectivity index (χ0v) is 16.1. The normalized spacial score (nSPS) is 17.3. The Kier molecular flexibility index (Phi) is 6.28. The summed E-state index contributed by atoms with van der Waals surface area (Å²) in [5, 5.41) is 5.73. The summed E-state index contributed by atoms with van der Waals surface area (Å²) in [5.74, 6) is 0.0818. The van der Waals surface area contributed by atoms with Gasteiger partial charge in [0.05, 0.1) is 0 Å². The number of rotatable bonds is 4. The molecule has 0 aromatic carbocycles. The van der Waals surface area contributed by atoms with Crippen molar-refractivity contribution in [2.24, 2.45) is 0 Å². The van der Waals surface area contributed by atoms with Crippen LogP contribution in [0.2, 0.25) is 0 Å². The van der Waals surface area contributed by atoms with Crippen molar-refractivity contribution >= 4 is 29.1 Å². The molecule has 1 saturated heterocycles. The molecule has 0 radical (unpaired) electrons. The van der Waals surface area contributed by atoms with Gasteiger partial charge in [0.25, 0.3) is 0 Å². The smallest absolute Gasteiger partial charge is 0.358 e. The fourth-order valence-corrected chi connectivity index (χ4v) is 3.22. The second kappa shape index (κ2) is 8.68. The molecule has 6 nitrogen and oxygen atoms in total. The molecule has 1 atom stereocenters. The zero-order valence-electron chi connectivity index (χ0n) is 15.3. The van der Waals surface area contributed by atoms with E-state index in [2.05, 4.69) is 25.6 Å². The van der Waals surface area contributed by atoms with E-state index < -0.39 is 11.9 Å². The Balaban J connectivity index is 1.77. The lowest BCUT2D eigenvalue weighted by Crippen LogP contribution is -2.38. The molecule has 10 heteroatoms. The van der Waals surface area contributed by atoms with Gasteiger partial charge in [0.15, 0.2) is 10.8 Å². The molecule has 0 unspecified atom stereocenters. The Bertz CT molecular complexity index is 815. The number of aromatic nitrogens is 3. The maximum Gasteiger partial charge on any atom is 0.433 e. The third-order valence-electron chi connectivity index (χ3n) is 4.50. The maximum absolute atomic E-state index is 13.3. The van der Waals surface area contributed by atoms with E-state index in [4.69, 9.17) is 12.2 Å². The Labute approximate surface area is 166 Å². The summed E-state index contributed by atoms with van der Waals surface area (Å²) in [5.41, 5.74) is -0.104. The average molecular weight is 410 g/mol. The van der Waals surface area contributed by atoms with Crippen LogP contribution in [0, 0.1) is 0 Å². The lowest BCUT2D eigenvalue weighted by Gasteiger charge is -2.34. The van der Waals surface area contributed by atoms with Crippen molar-refractivity contribution in [1.82, 2.24) is 20.3 Å². The summed E-state index contributed by atoms with van der Waals surface area (Å²) in [7, 11) is 0. The number of anilines is 2. The molecule has 3 heterocycles. The van der Waals surface area contributed by atoms with Crippen molar-refractivity contribution in [3.05, 3.63) is 41.9 Å².